The lowest BCUT2D eigenvalue weighted by Crippen LogP contribution is -2.45. The fourth-order valence-electron chi connectivity index (χ4n) is 3.21. The Morgan fingerprint density at radius 3 is 2.90 bits per heavy atom. The summed E-state index contributed by atoms with van der Waals surface area (Å²) in [5, 5.41) is 4.72. The normalized spacial score (nSPS) is 22.4. The van der Waals surface area contributed by atoms with Gasteiger partial charge in [-0.2, -0.15) is 0 Å². The molecule has 0 spiro atoms. The van der Waals surface area contributed by atoms with E-state index in [9.17, 15) is 0 Å². The number of nitrogens with one attached hydrogen (secondary N) is 1. The Labute approximate surface area is 126 Å². The van der Waals surface area contributed by atoms with Crippen LogP contribution in [0.4, 0.5) is 0 Å². The lowest BCUT2D eigenvalue weighted by Gasteiger charge is -2.32. The maximum absolute atomic E-state index is 6.36. The summed E-state index contributed by atoms with van der Waals surface area (Å²) in [5.74, 6) is 0.922. The minimum Gasteiger partial charge on any atom is -0.487 e. The quantitative estimate of drug-likeness (QED) is 0.926. The highest BCUT2D eigenvalue weighted by Gasteiger charge is 2.26. The van der Waals surface area contributed by atoms with E-state index in [1.807, 2.05) is 19.1 Å². The number of hydrogen-bond acceptors (Lipinski definition) is 3. The van der Waals surface area contributed by atoms with Gasteiger partial charge in [-0.3, -0.25) is 0 Å². The van der Waals surface area contributed by atoms with E-state index in [2.05, 4.69) is 35.4 Å². The van der Waals surface area contributed by atoms with Crippen LogP contribution in [-0.4, -0.2) is 23.7 Å². The molecule has 0 bridgehead atoms. The Balaban J connectivity index is 1.88. The molecule has 0 saturated heterocycles. The van der Waals surface area contributed by atoms with E-state index in [0.29, 0.717) is 6.04 Å². The van der Waals surface area contributed by atoms with Crippen molar-refractivity contribution >= 4 is 10.9 Å². The molecule has 1 aromatic heterocycles. The lowest BCUT2D eigenvalue weighted by molar-refractivity contribution is 0.116. The van der Waals surface area contributed by atoms with Crippen LogP contribution in [0.1, 0.15) is 38.3 Å². The first kappa shape index (κ1) is 14.3. The van der Waals surface area contributed by atoms with Crippen molar-refractivity contribution in [3.05, 3.63) is 36.0 Å². The number of aromatic nitrogens is 1. The number of pyridine rings is 1. The van der Waals surface area contributed by atoms with Gasteiger partial charge < -0.3 is 10.1 Å². The number of fused-ring (bicyclic) bond motifs is 1. The number of nitrogens with zero attached hydrogens (tertiary/aromatic N) is 1. The van der Waals surface area contributed by atoms with Gasteiger partial charge in [-0.15, -0.1) is 0 Å². The molecule has 21 heavy (non-hydrogen) atoms. The summed E-state index contributed by atoms with van der Waals surface area (Å²) in [6.07, 6.45) is 5.13. The van der Waals surface area contributed by atoms with Crippen LogP contribution in [0.25, 0.3) is 10.9 Å². The monoisotopic (exact) mass is 284 g/mol. The van der Waals surface area contributed by atoms with E-state index >= 15 is 0 Å². The molecule has 1 aromatic carbocycles. The van der Waals surface area contributed by atoms with Crippen LogP contribution in [0.15, 0.2) is 30.3 Å². The molecule has 2 aromatic rings. The SMILES string of the molecule is CCNC1CCCCC1Oc1cccc2ccc(C)nc12. The Kier molecular flexibility index (Phi) is 4.39. The van der Waals surface area contributed by atoms with Gasteiger partial charge in [-0.25, -0.2) is 4.98 Å². The first-order valence-corrected chi connectivity index (χ1v) is 8.04. The summed E-state index contributed by atoms with van der Waals surface area (Å²) in [7, 11) is 0. The second-order valence-electron chi connectivity index (χ2n) is 5.89. The number of likely N-dealkylation sites (N-methyl/N-ethyl adjacent to an activating group) is 1. The standard InChI is InChI=1S/C18H24N2O/c1-3-19-15-8-4-5-9-16(15)21-17-10-6-7-14-12-11-13(2)20-18(14)17/h6-7,10-12,15-16,19H,3-5,8-9H2,1-2H3. The molecule has 1 saturated carbocycles. The topological polar surface area (TPSA) is 34.1 Å². The van der Waals surface area contributed by atoms with Crippen LogP contribution in [0, 0.1) is 6.92 Å². The predicted molar refractivity (Wildman–Crippen MR) is 86.8 cm³/mol. The second kappa shape index (κ2) is 6.44. The summed E-state index contributed by atoms with van der Waals surface area (Å²) in [5.41, 5.74) is 2.02. The van der Waals surface area contributed by atoms with Crippen molar-refractivity contribution in [2.75, 3.05) is 6.54 Å². The van der Waals surface area contributed by atoms with Gasteiger partial charge in [0.1, 0.15) is 17.4 Å². The highest BCUT2D eigenvalue weighted by Crippen LogP contribution is 2.29. The molecular formula is C18H24N2O. The van der Waals surface area contributed by atoms with Crippen molar-refractivity contribution in [3.63, 3.8) is 0 Å². The molecule has 1 aliphatic rings. The Hall–Kier alpha value is -1.61. The number of benzene rings is 1. The minimum absolute atomic E-state index is 0.256. The van der Waals surface area contributed by atoms with Gasteiger partial charge in [-0.1, -0.05) is 31.5 Å². The van der Waals surface area contributed by atoms with Gasteiger partial charge in [-0.05, 0) is 44.9 Å². The van der Waals surface area contributed by atoms with E-state index in [0.717, 1.165) is 35.3 Å². The van der Waals surface area contributed by atoms with Crippen molar-refractivity contribution in [1.82, 2.24) is 10.3 Å². The number of aryl methyl sites for hydroxylation is 1. The van der Waals surface area contributed by atoms with Crippen LogP contribution in [0.3, 0.4) is 0 Å². The number of rotatable bonds is 4. The maximum Gasteiger partial charge on any atom is 0.146 e. The molecular weight excluding hydrogens is 260 g/mol. The fourth-order valence-corrected chi connectivity index (χ4v) is 3.21. The molecule has 3 nitrogen and oxygen atoms in total. The smallest absolute Gasteiger partial charge is 0.146 e. The molecule has 0 aliphatic heterocycles. The Morgan fingerprint density at radius 2 is 2.05 bits per heavy atom. The van der Waals surface area contributed by atoms with Crippen molar-refractivity contribution in [3.8, 4) is 5.75 Å². The molecule has 3 heteroatoms. The third kappa shape index (κ3) is 3.18. The van der Waals surface area contributed by atoms with Crippen molar-refractivity contribution in [2.24, 2.45) is 0 Å². The van der Waals surface area contributed by atoms with Crippen LogP contribution in [0.2, 0.25) is 0 Å². The third-order valence-corrected chi connectivity index (χ3v) is 4.27. The highest BCUT2D eigenvalue weighted by molar-refractivity contribution is 5.84. The van der Waals surface area contributed by atoms with E-state index in [1.165, 1.54) is 19.3 Å². The maximum atomic E-state index is 6.36. The van der Waals surface area contributed by atoms with Crippen LogP contribution in [-0.2, 0) is 0 Å². The molecule has 112 valence electrons. The average molecular weight is 284 g/mol. The zero-order chi connectivity index (χ0) is 14.7. The van der Waals surface area contributed by atoms with Gasteiger partial charge in [0, 0.05) is 17.1 Å². The summed E-state index contributed by atoms with van der Waals surface area (Å²) < 4.78 is 6.36. The van der Waals surface area contributed by atoms with Crippen molar-refractivity contribution in [1.29, 1.82) is 0 Å². The van der Waals surface area contributed by atoms with E-state index in [4.69, 9.17) is 4.74 Å². The zero-order valence-corrected chi connectivity index (χ0v) is 12.9. The summed E-state index contributed by atoms with van der Waals surface area (Å²) in [6.45, 7) is 5.18. The van der Waals surface area contributed by atoms with Gasteiger partial charge in [0.05, 0.1) is 0 Å². The van der Waals surface area contributed by atoms with E-state index in [1.54, 1.807) is 0 Å². The van der Waals surface area contributed by atoms with Crippen LogP contribution < -0.4 is 10.1 Å². The van der Waals surface area contributed by atoms with Gasteiger partial charge in [0.2, 0.25) is 0 Å². The minimum atomic E-state index is 0.256. The molecule has 0 amide bonds. The first-order chi connectivity index (χ1) is 10.3. The largest absolute Gasteiger partial charge is 0.487 e. The summed E-state index contributed by atoms with van der Waals surface area (Å²) in [4.78, 5) is 4.67. The first-order valence-electron chi connectivity index (χ1n) is 8.04. The molecule has 1 heterocycles. The average Bonchev–Trinajstić information content (AvgIpc) is 2.50. The predicted octanol–water partition coefficient (Wildman–Crippen LogP) is 3.84. The van der Waals surface area contributed by atoms with Crippen LogP contribution in [0.5, 0.6) is 5.75 Å². The lowest BCUT2D eigenvalue weighted by atomic mass is 9.92. The van der Waals surface area contributed by atoms with Gasteiger partial charge >= 0.3 is 0 Å². The van der Waals surface area contributed by atoms with Gasteiger partial charge in [0.25, 0.3) is 0 Å². The molecule has 3 rings (SSSR count). The zero-order valence-electron chi connectivity index (χ0n) is 12.9. The Bertz CT molecular complexity index is 609. The number of hydrogen-bond donors (Lipinski definition) is 1. The van der Waals surface area contributed by atoms with Gasteiger partial charge in [0.15, 0.2) is 0 Å². The molecule has 1 fully saturated rings. The van der Waals surface area contributed by atoms with Crippen molar-refractivity contribution < 1.29 is 4.74 Å². The molecule has 0 radical (unpaired) electrons. The fraction of sp³-hybridized carbons (Fsp3) is 0.500. The Morgan fingerprint density at radius 1 is 1.19 bits per heavy atom. The van der Waals surface area contributed by atoms with Crippen LogP contribution >= 0.6 is 0 Å². The second-order valence-corrected chi connectivity index (χ2v) is 5.89. The molecule has 2 unspecified atom stereocenters. The third-order valence-electron chi connectivity index (χ3n) is 4.27. The number of para-hydroxylation sites is 1. The highest BCUT2D eigenvalue weighted by atomic mass is 16.5. The summed E-state index contributed by atoms with van der Waals surface area (Å²) >= 11 is 0. The molecule has 1 aliphatic carbocycles. The summed E-state index contributed by atoms with van der Waals surface area (Å²) in [6, 6.07) is 10.8. The molecule has 2 atom stereocenters. The molecule has 1 N–H and O–H groups in total. The van der Waals surface area contributed by atoms with E-state index < -0.39 is 0 Å². The van der Waals surface area contributed by atoms with Crippen molar-refractivity contribution in [2.45, 2.75) is 51.7 Å². The number of ether oxygens (including phenoxy) is 1. The van der Waals surface area contributed by atoms with E-state index in [-0.39, 0.29) is 6.10 Å².